The van der Waals surface area contributed by atoms with Crippen molar-refractivity contribution in [2.45, 2.75) is 48.0 Å². The third-order valence-electron chi connectivity index (χ3n) is 2.97. The van der Waals surface area contributed by atoms with Gasteiger partial charge in [0.25, 0.3) is 0 Å². The highest BCUT2D eigenvalue weighted by Gasteiger charge is 2.33. The first kappa shape index (κ1) is 21.1. The predicted molar refractivity (Wildman–Crippen MR) is 85.5 cm³/mol. The monoisotopic (exact) mass is 328 g/mol. The largest absolute Gasteiger partial charge is 0.464 e. The molecule has 0 atom stereocenters. The van der Waals surface area contributed by atoms with E-state index in [2.05, 4.69) is 6.58 Å². The number of ether oxygens (including phenoxy) is 3. The summed E-state index contributed by atoms with van der Waals surface area (Å²) in [4.78, 5) is 34.7. The molecule has 0 aliphatic carbocycles. The van der Waals surface area contributed by atoms with Crippen molar-refractivity contribution in [2.24, 2.45) is 10.8 Å². The van der Waals surface area contributed by atoms with Gasteiger partial charge >= 0.3 is 17.9 Å². The van der Waals surface area contributed by atoms with Gasteiger partial charge in [0.15, 0.2) is 0 Å². The Hall–Kier alpha value is -1.85. The molecule has 0 amide bonds. The standard InChI is InChI=1S/C17H28O6/c1-8-13(18)21-11-17(6,7)15(20)23-10-16(4,5)9-22-14(19)12(2)3/h2,8-11H2,1,3-7H3. The summed E-state index contributed by atoms with van der Waals surface area (Å²) in [6.07, 6.45) is 0.256. The summed E-state index contributed by atoms with van der Waals surface area (Å²) in [5, 5.41) is 0. The summed E-state index contributed by atoms with van der Waals surface area (Å²) >= 11 is 0. The molecule has 0 saturated carbocycles. The molecule has 0 aromatic rings. The van der Waals surface area contributed by atoms with Crippen molar-refractivity contribution in [3.05, 3.63) is 12.2 Å². The minimum atomic E-state index is -0.935. The summed E-state index contributed by atoms with van der Waals surface area (Å²) in [6.45, 7) is 13.8. The minimum absolute atomic E-state index is 0.0381. The Bertz CT molecular complexity index is 462. The van der Waals surface area contributed by atoms with Gasteiger partial charge in [-0.25, -0.2) is 4.79 Å². The number of hydrogen-bond acceptors (Lipinski definition) is 6. The molecule has 0 heterocycles. The van der Waals surface area contributed by atoms with E-state index in [4.69, 9.17) is 14.2 Å². The molecule has 0 aromatic carbocycles. The molecular weight excluding hydrogens is 300 g/mol. The van der Waals surface area contributed by atoms with Crippen molar-refractivity contribution < 1.29 is 28.6 Å². The molecule has 0 aromatic heterocycles. The zero-order valence-corrected chi connectivity index (χ0v) is 15.0. The first-order chi connectivity index (χ1) is 10.4. The molecule has 0 saturated heterocycles. The Kier molecular flexibility index (Phi) is 8.00. The number of esters is 3. The Balaban J connectivity index is 4.40. The van der Waals surface area contributed by atoms with E-state index in [0.29, 0.717) is 5.57 Å². The quantitative estimate of drug-likeness (QED) is 0.368. The Morgan fingerprint density at radius 1 is 0.913 bits per heavy atom. The van der Waals surface area contributed by atoms with Crippen LogP contribution in [0.1, 0.15) is 48.0 Å². The van der Waals surface area contributed by atoms with E-state index in [-0.39, 0.29) is 32.2 Å². The van der Waals surface area contributed by atoms with Crippen molar-refractivity contribution in [2.75, 3.05) is 19.8 Å². The second-order valence-electron chi connectivity index (χ2n) is 6.99. The van der Waals surface area contributed by atoms with Crippen molar-refractivity contribution in [3.63, 3.8) is 0 Å². The van der Waals surface area contributed by atoms with Gasteiger partial charge in [0, 0.05) is 17.4 Å². The van der Waals surface area contributed by atoms with Crippen molar-refractivity contribution in [1.82, 2.24) is 0 Å². The van der Waals surface area contributed by atoms with Crippen LogP contribution in [0, 0.1) is 10.8 Å². The predicted octanol–water partition coefficient (Wildman–Crippen LogP) is 2.65. The highest BCUT2D eigenvalue weighted by molar-refractivity contribution is 5.86. The SMILES string of the molecule is C=C(C)C(=O)OCC(C)(C)COC(=O)C(C)(C)COC(=O)CC. The van der Waals surface area contributed by atoms with Crippen LogP contribution < -0.4 is 0 Å². The molecule has 0 aliphatic heterocycles. The molecule has 0 bridgehead atoms. The van der Waals surface area contributed by atoms with Crippen LogP contribution in [-0.4, -0.2) is 37.7 Å². The van der Waals surface area contributed by atoms with E-state index in [9.17, 15) is 14.4 Å². The van der Waals surface area contributed by atoms with E-state index >= 15 is 0 Å². The molecular formula is C17H28O6. The molecule has 132 valence electrons. The summed E-state index contributed by atoms with van der Waals surface area (Å²) in [5.41, 5.74) is -1.15. The Labute approximate surface area is 138 Å². The molecule has 6 heteroatoms. The number of hydrogen-bond donors (Lipinski definition) is 0. The number of carbonyl (C=O) groups is 3. The highest BCUT2D eigenvalue weighted by Crippen LogP contribution is 2.22. The maximum atomic E-state index is 12.1. The second kappa shape index (κ2) is 8.70. The lowest BCUT2D eigenvalue weighted by molar-refractivity contribution is -0.165. The fourth-order valence-electron chi connectivity index (χ4n) is 1.30. The summed E-state index contributed by atoms with van der Waals surface area (Å²) in [7, 11) is 0. The number of rotatable bonds is 9. The molecule has 0 aliphatic rings. The molecule has 0 N–H and O–H groups in total. The van der Waals surface area contributed by atoms with Crippen molar-refractivity contribution in [1.29, 1.82) is 0 Å². The van der Waals surface area contributed by atoms with Gasteiger partial charge in [-0.15, -0.1) is 0 Å². The lowest BCUT2D eigenvalue weighted by atomic mass is 9.93. The smallest absolute Gasteiger partial charge is 0.333 e. The molecule has 0 spiro atoms. The van der Waals surface area contributed by atoms with E-state index in [1.807, 2.05) is 13.8 Å². The molecule has 23 heavy (non-hydrogen) atoms. The highest BCUT2D eigenvalue weighted by atomic mass is 16.6. The summed E-state index contributed by atoms with van der Waals surface area (Å²) < 4.78 is 15.4. The van der Waals surface area contributed by atoms with Gasteiger partial charge in [0.1, 0.15) is 6.61 Å². The summed E-state index contributed by atoms with van der Waals surface area (Å²) in [5.74, 6) is -1.31. The Morgan fingerprint density at radius 3 is 1.91 bits per heavy atom. The van der Waals surface area contributed by atoms with Gasteiger partial charge < -0.3 is 14.2 Å². The third-order valence-corrected chi connectivity index (χ3v) is 2.97. The van der Waals surface area contributed by atoms with Gasteiger partial charge in [0.2, 0.25) is 0 Å². The van der Waals surface area contributed by atoms with E-state index in [0.717, 1.165) is 0 Å². The zero-order valence-electron chi connectivity index (χ0n) is 15.0. The van der Waals surface area contributed by atoms with Crippen LogP contribution in [0.2, 0.25) is 0 Å². The van der Waals surface area contributed by atoms with Crippen molar-refractivity contribution in [3.8, 4) is 0 Å². The fourth-order valence-corrected chi connectivity index (χ4v) is 1.30. The average Bonchev–Trinajstić information content (AvgIpc) is 2.47. The summed E-state index contributed by atoms with van der Waals surface area (Å²) in [6, 6.07) is 0. The van der Waals surface area contributed by atoms with Gasteiger partial charge in [-0.1, -0.05) is 27.4 Å². The Morgan fingerprint density at radius 2 is 1.43 bits per heavy atom. The van der Waals surface area contributed by atoms with E-state index in [1.165, 1.54) is 0 Å². The van der Waals surface area contributed by atoms with Gasteiger partial charge in [-0.05, 0) is 20.8 Å². The average molecular weight is 328 g/mol. The first-order valence-electron chi connectivity index (χ1n) is 7.57. The molecule has 0 rings (SSSR count). The van der Waals surface area contributed by atoms with Crippen LogP contribution in [0.4, 0.5) is 0 Å². The molecule has 0 unspecified atom stereocenters. The zero-order chi connectivity index (χ0) is 18.3. The van der Waals surface area contributed by atoms with Crippen LogP contribution >= 0.6 is 0 Å². The van der Waals surface area contributed by atoms with E-state index < -0.39 is 22.8 Å². The second-order valence-corrected chi connectivity index (χ2v) is 6.99. The maximum Gasteiger partial charge on any atom is 0.333 e. The van der Waals surface area contributed by atoms with Crippen LogP contribution in [0.5, 0.6) is 0 Å². The topological polar surface area (TPSA) is 78.9 Å². The number of carbonyl (C=O) groups excluding carboxylic acids is 3. The molecule has 0 fully saturated rings. The van der Waals surface area contributed by atoms with Crippen LogP contribution in [0.25, 0.3) is 0 Å². The van der Waals surface area contributed by atoms with E-state index in [1.54, 1.807) is 27.7 Å². The lowest BCUT2D eigenvalue weighted by Crippen LogP contribution is -2.36. The fraction of sp³-hybridized carbons (Fsp3) is 0.706. The first-order valence-corrected chi connectivity index (χ1v) is 7.57. The van der Waals surface area contributed by atoms with Crippen LogP contribution in [0.3, 0.4) is 0 Å². The van der Waals surface area contributed by atoms with Gasteiger partial charge in [0.05, 0.1) is 18.6 Å². The third kappa shape index (κ3) is 8.38. The van der Waals surface area contributed by atoms with Crippen LogP contribution in [0.15, 0.2) is 12.2 Å². The van der Waals surface area contributed by atoms with Crippen LogP contribution in [-0.2, 0) is 28.6 Å². The normalized spacial score (nSPS) is 11.6. The van der Waals surface area contributed by atoms with Gasteiger partial charge in [-0.3, -0.25) is 9.59 Å². The minimum Gasteiger partial charge on any atom is -0.464 e. The van der Waals surface area contributed by atoms with Crippen molar-refractivity contribution >= 4 is 17.9 Å². The molecule has 0 radical (unpaired) electrons. The lowest BCUT2D eigenvalue weighted by Gasteiger charge is -2.27. The molecule has 6 nitrogen and oxygen atoms in total. The maximum absolute atomic E-state index is 12.1. The van der Waals surface area contributed by atoms with Gasteiger partial charge in [-0.2, -0.15) is 0 Å².